The number of rotatable bonds is 3. The van der Waals surface area contributed by atoms with E-state index in [9.17, 15) is 0 Å². The van der Waals surface area contributed by atoms with Crippen molar-refractivity contribution in [2.45, 2.75) is 16.8 Å². The first-order valence-corrected chi connectivity index (χ1v) is 5.62. The predicted octanol–water partition coefficient (Wildman–Crippen LogP) is 1.56. The van der Waals surface area contributed by atoms with Crippen LogP contribution in [0.2, 0.25) is 0 Å². The van der Waals surface area contributed by atoms with Gasteiger partial charge in [-0.25, -0.2) is 10.8 Å². The van der Waals surface area contributed by atoms with Gasteiger partial charge >= 0.3 is 0 Å². The van der Waals surface area contributed by atoms with Crippen LogP contribution in [-0.4, -0.2) is 14.8 Å². The molecule has 2 aromatic rings. The second-order valence-electron chi connectivity index (χ2n) is 3.37. The lowest BCUT2D eigenvalue weighted by molar-refractivity contribution is 0.692. The fourth-order valence-corrected chi connectivity index (χ4v) is 2.30. The third-order valence-corrected chi connectivity index (χ3v) is 3.14. The summed E-state index contributed by atoms with van der Waals surface area (Å²) in [4.78, 5) is 5.13. The first-order chi connectivity index (χ1) is 7.69. The first-order valence-electron chi connectivity index (χ1n) is 4.80. The number of nitrogens with two attached hydrogens (primary N) is 1. The van der Waals surface area contributed by atoms with Crippen molar-refractivity contribution in [3.05, 3.63) is 30.1 Å². The molecule has 3 N–H and O–H groups in total. The van der Waals surface area contributed by atoms with Gasteiger partial charge in [-0.3, -0.25) is 4.68 Å². The van der Waals surface area contributed by atoms with E-state index in [0.29, 0.717) is 5.82 Å². The van der Waals surface area contributed by atoms with Crippen molar-refractivity contribution in [1.82, 2.24) is 14.8 Å². The zero-order valence-corrected chi connectivity index (χ0v) is 9.95. The summed E-state index contributed by atoms with van der Waals surface area (Å²) in [5, 5.41) is 5.38. The van der Waals surface area contributed by atoms with Gasteiger partial charge in [0.2, 0.25) is 0 Å². The number of aryl methyl sites for hydroxylation is 2. The molecule has 0 spiro atoms. The number of aromatic nitrogens is 3. The van der Waals surface area contributed by atoms with Crippen LogP contribution in [0.3, 0.4) is 0 Å². The van der Waals surface area contributed by atoms with Gasteiger partial charge in [0.25, 0.3) is 0 Å². The van der Waals surface area contributed by atoms with E-state index in [0.717, 1.165) is 15.6 Å². The van der Waals surface area contributed by atoms with Crippen molar-refractivity contribution >= 4 is 17.6 Å². The minimum atomic E-state index is 0.656. The predicted molar refractivity (Wildman–Crippen MR) is 64.1 cm³/mol. The smallest absolute Gasteiger partial charge is 0.140 e. The highest BCUT2D eigenvalue weighted by Gasteiger charge is 2.04. The van der Waals surface area contributed by atoms with Gasteiger partial charge in [0, 0.05) is 18.1 Å². The molecule has 0 fully saturated rings. The molecule has 0 aliphatic carbocycles. The zero-order valence-electron chi connectivity index (χ0n) is 9.14. The van der Waals surface area contributed by atoms with Crippen molar-refractivity contribution in [2.75, 3.05) is 5.43 Å². The van der Waals surface area contributed by atoms with Crippen molar-refractivity contribution in [3.63, 3.8) is 0 Å². The summed E-state index contributed by atoms with van der Waals surface area (Å²) in [6.45, 7) is 1.98. The van der Waals surface area contributed by atoms with E-state index in [1.165, 1.54) is 0 Å². The summed E-state index contributed by atoms with van der Waals surface area (Å²) < 4.78 is 1.86. The van der Waals surface area contributed by atoms with E-state index in [1.807, 2.05) is 36.9 Å². The minimum absolute atomic E-state index is 0.656. The monoisotopic (exact) mass is 235 g/mol. The Kier molecular flexibility index (Phi) is 3.12. The molecule has 0 amide bonds. The highest BCUT2D eigenvalue weighted by molar-refractivity contribution is 7.99. The summed E-state index contributed by atoms with van der Waals surface area (Å²) in [6.07, 6.45) is 1.72. The molecule has 0 bridgehead atoms. The summed E-state index contributed by atoms with van der Waals surface area (Å²) in [5.41, 5.74) is 3.54. The summed E-state index contributed by atoms with van der Waals surface area (Å²) in [6, 6.07) is 5.88. The molecular weight excluding hydrogens is 222 g/mol. The van der Waals surface area contributed by atoms with Gasteiger partial charge in [0.1, 0.15) is 5.82 Å². The Morgan fingerprint density at radius 2 is 2.25 bits per heavy atom. The second-order valence-corrected chi connectivity index (χ2v) is 4.46. The molecule has 2 aromatic heterocycles. The third kappa shape index (κ3) is 2.34. The number of nitrogens with zero attached hydrogens (tertiary/aromatic N) is 3. The number of nitrogen functional groups attached to an aromatic ring is 1. The maximum Gasteiger partial charge on any atom is 0.140 e. The minimum Gasteiger partial charge on any atom is -0.308 e. The average Bonchev–Trinajstić information content (AvgIpc) is 2.58. The molecule has 0 radical (unpaired) electrons. The maximum absolute atomic E-state index is 5.31. The van der Waals surface area contributed by atoms with E-state index < -0.39 is 0 Å². The Labute approximate surface area is 98.0 Å². The quantitative estimate of drug-likeness (QED) is 0.624. The number of hydrazine groups is 1. The third-order valence-electron chi connectivity index (χ3n) is 2.06. The molecule has 0 aromatic carbocycles. The molecule has 0 unspecified atom stereocenters. The molecule has 2 heterocycles. The topological polar surface area (TPSA) is 68.8 Å². The Hall–Kier alpha value is -1.53. The number of hydrogen-bond donors (Lipinski definition) is 2. The highest BCUT2D eigenvalue weighted by atomic mass is 32.2. The van der Waals surface area contributed by atoms with Crippen LogP contribution in [0.15, 0.2) is 34.3 Å². The molecule has 0 atom stereocenters. The van der Waals surface area contributed by atoms with Gasteiger partial charge < -0.3 is 5.43 Å². The van der Waals surface area contributed by atoms with Gasteiger partial charge in [-0.2, -0.15) is 5.10 Å². The van der Waals surface area contributed by atoms with Crippen LogP contribution < -0.4 is 11.3 Å². The Morgan fingerprint density at radius 1 is 1.44 bits per heavy atom. The fourth-order valence-electron chi connectivity index (χ4n) is 1.36. The SMILES string of the molecule is Cc1cc(Sc2ccnc(NN)c2)n(C)n1. The Bertz CT molecular complexity index is 494. The normalized spacial score (nSPS) is 10.4. The lowest BCUT2D eigenvalue weighted by Crippen LogP contribution is -2.08. The molecule has 6 heteroatoms. The Balaban J connectivity index is 2.23. The zero-order chi connectivity index (χ0) is 11.5. The van der Waals surface area contributed by atoms with Crippen molar-refractivity contribution in [3.8, 4) is 0 Å². The van der Waals surface area contributed by atoms with Gasteiger partial charge in [0.15, 0.2) is 0 Å². The molecule has 0 aliphatic rings. The van der Waals surface area contributed by atoms with Crippen LogP contribution in [0.5, 0.6) is 0 Å². The van der Waals surface area contributed by atoms with E-state index in [4.69, 9.17) is 5.84 Å². The van der Waals surface area contributed by atoms with Gasteiger partial charge in [0.05, 0.1) is 10.7 Å². The molecule has 2 rings (SSSR count). The van der Waals surface area contributed by atoms with E-state index >= 15 is 0 Å². The molecule has 0 aliphatic heterocycles. The van der Waals surface area contributed by atoms with E-state index in [-0.39, 0.29) is 0 Å². The summed E-state index contributed by atoms with van der Waals surface area (Å²) in [5.74, 6) is 5.96. The van der Waals surface area contributed by atoms with Crippen LogP contribution >= 0.6 is 11.8 Å². The van der Waals surface area contributed by atoms with Crippen molar-refractivity contribution in [1.29, 1.82) is 0 Å². The molecule has 0 saturated heterocycles. The van der Waals surface area contributed by atoms with Crippen molar-refractivity contribution in [2.24, 2.45) is 12.9 Å². The van der Waals surface area contributed by atoms with Gasteiger partial charge in [-0.15, -0.1) is 0 Å². The highest BCUT2D eigenvalue weighted by Crippen LogP contribution is 2.28. The average molecular weight is 235 g/mol. The largest absolute Gasteiger partial charge is 0.308 e. The van der Waals surface area contributed by atoms with Crippen LogP contribution in [0.25, 0.3) is 0 Å². The van der Waals surface area contributed by atoms with Crippen LogP contribution in [0, 0.1) is 6.92 Å². The second kappa shape index (κ2) is 4.54. The molecule has 84 valence electrons. The Morgan fingerprint density at radius 3 is 2.88 bits per heavy atom. The summed E-state index contributed by atoms with van der Waals surface area (Å²) in [7, 11) is 1.93. The number of pyridine rings is 1. The van der Waals surface area contributed by atoms with Crippen LogP contribution in [0.1, 0.15) is 5.69 Å². The maximum atomic E-state index is 5.31. The number of hydrogen-bond acceptors (Lipinski definition) is 5. The van der Waals surface area contributed by atoms with Crippen LogP contribution in [0.4, 0.5) is 5.82 Å². The first kappa shape index (κ1) is 11.0. The van der Waals surface area contributed by atoms with E-state index in [1.54, 1.807) is 18.0 Å². The van der Waals surface area contributed by atoms with Crippen molar-refractivity contribution < 1.29 is 0 Å². The van der Waals surface area contributed by atoms with E-state index in [2.05, 4.69) is 15.5 Å². The van der Waals surface area contributed by atoms with Gasteiger partial charge in [-0.05, 0) is 25.1 Å². The summed E-state index contributed by atoms with van der Waals surface area (Å²) >= 11 is 1.63. The lowest BCUT2D eigenvalue weighted by atomic mass is 10.5. The molecule has 0 saturated carbocycles. The fraction of sp³-hybridized carbons (Fsp3) is 0.200. The number of anilines is 1. The molecular formula is C10H13N5S. The lowest BCUT2D eigenvalue weighted by Gasteiger charge is -2.03. The standard InChI is InChI=1S/C10H13N5S/c1-7-5-10(15(2)14-7)16-8-3-4-12-9(6-8)13-11/h3-6H,11H2,1-2H3,(H,12,13). The van der Waals surface area contributed by atoms with Crippen LogP contribution in [-0.2, 0) is 7.05 Å². The van der Waals surface area contributed by atoms with Gasteiger partial charge in [-0.1, -0.05) is 11.8 Å². The molecule has 5 nitrogen and oxygen atoms in total. The number of nitrogens with one attached hydrogen (secondary N) is 1. The molecule has 16 heavy (non-hydrogen) atoms.